The van der Waals surface area contributed by atoms with Crippen molar-refractivity contribution in [2.24, 2.45) is 0 Å². The maximum atomic E-state index is 12.9. The lowest BCUT2D eigenvalue weighted by Crippen LogP contribution is -2.41. The van der Waals surface area contributed by atoms with Crippen molar-refractivity contribution in [1.29, 1.82) is 0 Å². The van der Waals surface area contributed by atoms with Gasteiger partial charge in [0, 0.05) is 6.54 Å². The molecule has 1 N–H and O–H groups in total. The molecule has 4 rings (SSSR count). The zero-order valence-corrected chi connectivity index (χ0v) is 16.0. The lowest BCUT2D eigenvalue weighted by Gasteiger charge is -2.13. The Hall–Kier alpha value is -3.26. The van der Waals surface area contributed by atoms with Crippen LogP contribution in [0.5, 0.6) is 0 Å². The van der Waals surface area contributed by atoms with Crippen molar-refractivity contribution >= 4 is 43.5 Å². The summed E-state index contributed by atoms with van der Waals surface area (Å²) in [7, 11) is 0. The molecule has 0 atom stereocenters. The molecular weight excluding hydrogens is 376 g/mol. The minimum absolute atomic E-state index is 0.195. The quantitative estimate of drug-likeness (QED) is 0.564. The van der Waals surface area contributed by atoms with Gasteiger partial charge in [0.1, 0.15) is 6.54 Å². The number of hydrogen-bond donors (Lipinski definition) is 1. The predicted molar refractivity (Wildman–Crippen MR) is 111 cm³/mol. The number of hydrogen-bond acceptors (Lipinski definition) is 5. The van der Waals surface area contributed by atoms with Crippen LogP contribution in [-0.2, 0) is 17.9 Å². The smallest absolute Gasteiger partial charge is 0.300 e. The number of thiazole rings is 1. The number of carbonyl (C=O) groups excluding carboxylic acids is 1. The highest BCUT2D eigenvalue weighted by molar-refractivity contribution is 7.22. The van der Waals surface area contributed by atoms with Crippen LogP contribution < -0.4 is 16.6 Å². The van der Waals surface area contributed by atoms with Gasteiger partial charge in [-0.25, -0.2) is 9.78 Å². The third kappa shape index (κ3) is 3.22. The number of carbonyl (C=O) groups is 1. The molecule has 1 amide bonds. The molecule has 0 saturated heterocycles. The van der Waals surface area contributed by atoms with Gasteiger partial charge in [0.2, 0.25) is 5.91 Å². The van der Waals surface area contributed by atoms with Crippen LogP contribution in [0, 0.1) is 0 Å². The molecule has 0 aliphatic heterocycles. The first-order chi connectivity index (χ1) is 13.6. The van der Waals surface area contributed by atoms with Crippen LogP contribution in [0.3, 0.4) is 0 Å². The van der Waals surface area contributed by atoms with Crippen molar-refractivity contribution in [3.8, 4) is 0 Å². The minimum atomic E-state index is -0.481. The van der Waals surface area contributed by atoms with Crippen molar-refractivity contribution in [2.45, 2.75) is 26.4 Å². The van der Waals surface area contributed by atoms with Gasteiger partial charge in [-0.05, 0) is 30.7 Å². The first kappa shape index (κ1) is 18.1. The van der Waals surface area contributed by atoms with E-state index in [1.807, 2.05) is 31.2 Å². The Labute approximate surface area is 163 Å². The van der Waals surface area contributed by atoms with E-state index >= 15 is 0 Å². The van der Waals surface area contributed by atoms with E-state index in [9.17, 15) is 14.4 Å². The van der Waals surface area contributed by atoms with Crippen LogP contribution in [0.25, 0.3) is 21.1 Å². The highest BCUT2D eigenvalue weighted by Gasteiger charge is 2.15. The van der Waals surface area contributed by atoms with Crippen LogP contribution in [0.15, 0.2) is 58.1 Å². The number of nitrogens with zero attached hydrogens (tertiary/aromatic N) is 3. The average Bonchev–Trinajstić information content (AvgIpc) is 3.10. The van der Waals surface area contributed by atoms with Crippen molar-refractivity contribution < 1.29 is 4.79 Å². The minimum Gasteiger partial charge on any atom is -0.300 e. The Morgan fingerprint density at radius 2 is 1.82 bits per heavy atom. The summed E-state index contributed by atoms with van der Waals surface area (Å²) >= 11 is 1.37. The monoisotopic (exact) mass is 394 g/mol. The van der Waals surface area contributed by atoms with E-state index in [2.05, 4.69) is 10.3 Å². The van der Waals surface area contributed by atoms with Crippen molar-refractivity contribution in [3.05, 3.63) is 69.4 Å². The highest BCUT2D eigenvalue weighted by Crippen LogP contribution is 2.25. The van der Waals surface area contributed by atoms with Crippen LogP contribution in [-0.4, -0.2) is 20.0 Å². The summed E-state index contributed by atoms with van der Waals surface area (Å²) in [5.74, 6) is -0.368. The zero-order chi connectivity index (χ0) is 19.7. The molecule has 0 aliphatic carbocycles. The van der Waals surface area contributed by atoms with Crippen molar-refractivity contribution in [2.75, 3.05) is 5.32 Å². The van der Waals surface area contributed by atoms with Crippen LogP contribution in [0.4, 0.5) is 5.13 Å². The molecule has 4 aromatic rings. The fraction of sp³-hybridized carbons (Fsp3) is 0.200. The third-order valence-corrected chi connectivity index (χ3v) is 5.37. The summed E-state index contributed by atoms with van der Waals surface area (Å²) in [6, 6.07) is 14.4. The SMILES string of the molecule is CCCn1c(=O)c2ccccc2n(CC(=O)Nc2nc3ccccc3s2)c1=O. The van der Waals surface area contributed by atoms with Gasteiger partial charge < -0.3 is 5.32 Å². The first-order valence-electron chi connectivity index (χ1n) is 8.96. The number of rotatable bonds is 5. The molecule has 0 fully saturated rings. The maximum Gasteiger partial charge on any atom is 0.331 e. The summed E-state index contributed by atoms with van der Waals surface area (Å²) in [6.07, 6.45) is 0.644. The third-order valence-electron chi connectivity index (χ3n) is 4.42. The summed E-state index contributed by atoms with van der Waals surface area (Å²) in [5, 5.41) is 3.66. The number of benzene rings is 2. The van der Waals surface area contributed by atoms with E-state index in [0.29, 0.717) is 29.0 Å². The molecule has 2 aromatic heterocycles. The fourth-order valence-electron chi connectivity index (χ4n) is 3.17. The van der Waals surface area contributed by atoms with Crippen LogP contribution in [0.2, 0.25) is 0 Å². The van der Waals surface area contributed by atoms with Gasteiger partial charge in [-0.3, -0.25) is 18.7 Å². The second-order valence-corrected chi connectivity index (χ2v) is 7.41. The first-order valence-corrected chi connectivity index (χ1v) is 9.78. The van der Waals surface area contributed by atoms with Crippen LogP contribution >= 0.6 is 11.3 Å². The topological polar surface area (TPSA) is 86.0 Å². The van der Waals surface area contributed by atoms with Crippen molar-refractivity contribution in [1.82, 2.24) is 14.1 Å². The second-order valence-electron chi connectivity index (χ2n) is 6.38. The maximum absolute atomic E-state index is 12.9. The van der Waals surface area contributed by atoms with Gasteiger partial charge in [-0.15, -0.1) is 0 Å². The number of para-hydroxylation sites is 2. The molecule has 0 spiro atoms. The Balaban J connectivity index is 1.71. The van der Waals surface area contributed by atoms with E-state index < -0.39 is 5.69 Å². The average molecular weight is 394 g/mol. The normalized spacial score (nSPS) is 11.2. The number of anilines is 1. The van der Waals surface area contributed by atoms with E-state index in [0.717, 1.165) is 10.2 Å². The summed E-state index contributed by atoms with van der Waals surface area (Å²) in [5.41, 5.74) is 0.446. The van der Waals surface area contributed by atoms with Gasteiger partial charge in [0.15, 0.2) is 5.13 Å². The van der Waals surface area contributed by atoms with Gasteiger partial charge in [0.25, 0.3) is 5.56 Å². The summed E-state index contributed by atoms with van der Waals surface area (Å²) in [4.78, 5) is 42.5. The van der Waals surface area contributed by atoms with E-state index in [-0.39, 0.29) is 18.0 Å². The Morgan fingerprint density at radius 1 is 1.07 bits per heavy atom. The van der Waals surface area contributed by atoms with E-state index in [1.54, 1.807) is 24.3 Å². The Morgan fingerprint density at radius 3 is 2.61 bits per heavy atom. The molecule has 0 saturated carbocycles. The molecule has 8 heteroatoms. The largest absolute Gasteiger partial charge is 0.331 e. The molecule has 28 heavy (non-hydrogen) atoms. The molecule has 0 unspecified atom stereocenters. The van der Waals surface area contributed by atoms with Crippen LogP contribution in [0.1, 0.15) is 13.3 Å². The standard InChI is InChI=1S/C20H18N4O3S/c1-2-11-23-18(26)13-7-3-5-9-15(13)24(20(23)27)12-17(25)22-19-21-14-8-4-6-10-16(14)28-19/h3-10H,2,11-12H2,1H3,(H,21,22,25). The fourth-order valence-corrected chi connectivity index (χ4v) is 4.05. The molecule has 0 bridgehead atoms. The number of amides is 1. The van der Waals surface area contributed by atoms with Gasteiger partial charge in [-0.1, -0.05) is 42.5 Å². The molecule has 142 valence electrons. The Bertz CT molecular complexity index is 1270. The molecule has 7 nitrogen and oxygen atoms in total. The Kier molecular flexibility index (Phi) is 4.79. The number of aromatic nitrogens is 3. The molecule has 2 aromatic carbocycles. The lowest BCUT2D eigenvalue weighted by molar-refractivity contribution is -0.116. The number of nitrogens with one attached hydrogen (secondary N) is 1. The second kappa shape index (κ2) is 7.40. The van der Waals surface area contributed by atoms with Gasteiger partial charge >= 0.3 is 5.69 Å². The van der Waals surface area contributed by atoms with Crippen molar-refractivity contribution in [3.63, 3.8) is 0 Å². The van der Waals surface area contributed by atoms with E-state index in [4.69, 9.17) is 0 Å². The molecular formula is C20H18N4O3S. The zero-order valence-electron chi connectivity index (χ0n) is 15.2. The van der Waals surface area contributed by atoms with Gasteiger partial charge in [0.05, 0.1) is 21.1 Å². The summed E-state index contributed by atoms with van der Waals surface area (Å²) in [6.45, 7) is 2.01. The van der Waals surface area contributed by atoms with Gasteiger partial charge in [-0.2, -0.15) is 0 Å². The van der Waals surface area contributed by atoms with E-state index in [1.165, 1.54) is 20.5 Å². The predicted octanol–water partition coefficient (Wildman–Crippen LogP) is 2.82. The molecule has 0 aliphatic rings. The molecule has 2 heterocycles. The molecule has 0 radical (unpaired) electrons. The summed E-state index contributed by atoms with van der Waals surface area (Å²) < 4.78 is 3.50. The number of fused-ring (bicyclic) bond motifs is 2. The lowest BCUT2D eigenvalue weighted by atomic mass is 10.2. The highest BCUT2D eigenvalue weighted by atomic mass is 32.1.